The largest absolute Gasteiger partial charge is 0.497 e. The highest BCUT2D eigenvalue weighted by atomic mass is 35.5. The van der Waals surface area contributed by atoms with Crippen molar-refractivity contribution in [3.8, 4) is 5.75 Å². The summed E-state index contributed by atoms with van der Waals surface area (Å²) in [5, 5.41) is 4.06. The molecule has 0 spiro atoms. The van der Waals surface area contributed by atoms with Crippen molar-refractivity contribution < 1.29 is 14.3 Å². The maximum absolute atomic E-state index is 13.8. The van der Waals surface area contributed by atoms with Gasteiger partial charge in [-0.2, -0.15) is 0 Å². The van der Waals surface area contributed by atoms with Gasteiger partial charge in [-0.25, -0.2) is 0 Å². The maximum atomic E-state index is 13.8. The summed E-state index contributed by atoms with van der Waals surface area (Å²) in [5.41, 5.74) is 2.39. The Kier molecular flexibility index (Phi) is 11.0. The zero-order valence-corrected chi connectivity index (χ0v) is 24.5. The normalized spacial score (nSPS) is 12.1. The van der Waals surface area contributed by atoms with Gasteiger partial charge in [-0.05, 0) is 61.7 Å². The molecule has 0 saturated carbocycles. The molecule has 0 saturated heterocycles. The number of benzene rings is 3. The van der Waals surface area contributed by atoms with Gasteiger partial charge in [0.2, 0.25) is 11.8 Å². The van der Waals surface area contributed by atoms with Crippen molar-refractivity contribution in [2.75, 3.05) is 12.9 Å². The third kappa shape index (κ3) is 9.26. The van der Waals surface area contributed by atoms with Crippen LogP contribution >= 0.6 is 35.0 Å². The molecule has 3 rings (SSSR count). The first-order chi connectivity index (χ1) is 18.1. The van der Waals surface area contributed by atoms with E-state index in [4.69, 9.17) is 27.9 Å². The first-order valence-corrected chi connectivity index (χ1v) is 14.3. The van der Waals surface area contributed by atoms with Crippen LogP contribution in [0, 0.1) is 0 Å². The second kappa shape index (κ2) is 13.9. The molecule has 0 aliphatic carbocycles. The molecule has 0 aliphatic heterocycles. The summed E-state index contributed by atoms with van der Waals surface area (Å²) in [6, 6.07) is 22.1. The Morgan fingerprint density at radius 1 is 0.921 bits per heavy atom. The number of rotatable bonds is 11. The van der Waals surface area contributed by atoms with E-state index in [1.807, 2.05) is 87.5 Å². The predicted octanol–water partition coefficient (Wildman–Crippen LogP) is 6.79. The summed E-state index contributed by atoms with van der Waals surface area (Å²) < 4.78 is 5.39. The number of ether oxygens (including phenoxy) is 1. The highest BCUT2D eigenvalue weighted by Gasteiger charge is 2.32. The molecule has 1 atom stereocenters. The van der Waals surface area contributed by atoms with Crippen molar-refractivity contribution >= 4 is 46.8 Å². The number of nitrogens with one attached hydrogen (secondary N) is 1. The Bertz CT molecular complexity index is 1230. The van der Waals surface area contributed by atoms with Crippen LogP contribution < -0.4 is 10.1 Å². The molecular weight excluding hydrogens is 539 g/mol. The van der Waals surface area contributed by atoms with Gasteiger partial charge in [0.15, 0.2) is 0 Å². The fraction of sp³-hybridized carbons (Fsp3) is 0.333. The van der Waals surface area contributed by atoms with Crippen molar-refractivity contribution in [3.05, 3.63) is 99.5 Å². The lowest BCUT2D eigenvalue weighted by Crippen LogP contribution is -2.54. The predicted molar refractivity (Wildman–Crippen MR) is 158 cm³/mol. The van der Waals surface area contributed by atoms with Crippen LogP contribution in [0.2, 0.25) is 10.0 Å². The lowest BCUT2D eigenvalue weighted by molar-refractivity contribution is -0.140. The number of carbonyl (C=O) groups excluding carboxylic acids is 2. The van der Waals surface area contributed by atoms with E-state index in [2.05, 4.69) is 5.32 Å². The Labute approximate surface area is 239 Å². The van der Waals surface area contributed by atoms with Crippen molar-refractivity contribution in [2.45, 2.75) is 51.1 Å². The van der Waals surface area contributed by atoms with E-state index in [1.165, 1.54) is 11.8 Å². The molecule has 0 aliphatic rings. The third-order valence-corrected chi connectivity index (χ3v) is 7.46. The molecule has 3 aromatic rings. The minimum atomic E-state index is -0.694. The zero-order chi connectivity index (χ0) is 27.7. The average molecular weight is 574 g/mol. The first-order valence-electron chi connectivity index (χ1n) is 12.4. The van der Waals surface area contributed by atoms with Crippen LogP contribution in [0.25, 0.3) is 0 Å². The molecule has 202 valence electrons. The lowest BCUT2D eigenvalue weighted by atomic mass is 10.0. The van der Waals surface area contributed by atoms with Crippen molar-refractivity contribution in [1.29, 1.82) is 0 Å². The van der Waals surface area contributed by atoms with Crippen LogP contribution in [0.3, 0.4) is 0 Å². The molecular formula is C30H34Cl2N2O3S. The van der Waals surface area contributed by atoms with Gasteiger partial charge in [-0.15, -0.1) is 11.8 Å². The third-order valence-electron chi connectivity index (χ3n) is 5.73. The number of halogens is 2. The van der Waals surface area contributed by atoms with Crippen LogP contribution in [0.1, 0.15) is 37.5 Å². The molecule has 0 fully saturated rings. The second-order valence-electron chi connectivity index (χ2n) is 10.1. The quantitative estimate of drug-likeness (QED) is 0.275. The number of amides is 2. The Balaban J connectivity index is 1.88. The highest BCUT2D eigenvalue weighted by molar-refractivity contribution is 7.99. The Hall–Kier alpha value is -2.67. The molecule has 38 heavy (non-hydrogen) atoms. The van der Waals surface area contributed by atoms with Crippen LogP contribution in [-0.4, -0.2) is 41.2 Å². The summed E-state index contributed by atoms with van der Waals surface area (Å²) >= 11 is 13.7. The minimum absolute atomic E-state index is 0.122. The van der Waals surface area contributed by atoms with Crippen LogP contribution in [-0.2, 0) is 28.3 Å². The van der Waals surface area contributed by atoms with Gasteiger partial charge in [0.05, 0.1) is 22.9 Å². The molecule has 1 unspecified atom stereocenters. The molecule has 3 aromatic carbocycles. The van der Waals surface area contributed by atoms with Gasteiger partial charge >= 0.3 is 0 Å². The minimum Gasteiger partial charge on any atom is -0.497 e. The molecule has 2 amide bonds. The zero-order valence-electron chi connectivity index (χ0n) is 22.2. The van der Waals surface area contributed by atoms with Crippen molar-refractivity contribution in [2.24, 2.45) is 0 Å². The van der Waals surface area contributed by atoms with Gasteiger partial charge in [0, 0.05) is 24.3 Å². The van der Waals surface area contributed by atoms with E-state index in [0.717, 1.165) is 16.7 Å². The van der Waals surface area contributed by atoms with Gasteiger partial charge < -0.3 is 15.0 Å². The summed E-state index contributed by atoms with van der Waals surface area (Å²) in [6.07, 6.45) is 0.399. The SMILES string of the molecule is COc1cccc(CN(C(=O)CSCc2ccc(Cl)c(Cl)c2)C(Cc2ccccc2)C(=O)NC(C)(C)C)c1. The monoisotopic (exact) mass is 572 g/mol. The first kappa shape index (κ1) is 29.9. The van der Waals surface area contributed by atoms with Gasteiger partial charge in [0.1, 0.15) is 11.8 Å². The van der Waals surface area contributed by atoms with Gasteiger partial charge in [0.25, 0.3) is 0 Å². The summed E-state index contributed by atoms with van der Waals surface area (Å²) in [5.74, 6) is 1.18. The average Bonchev–Trinajstić information content (AvgIpc) is 2.87. The van der Waals surface area contributed by atoms with E-state index in [-0.39, 0.29) is 24.1 Å². The number of hydrogen-bond acceptors (Lipinski definition) is 4. The summed E-state index contributed by atoms with van der Waals surface area (Å²) in [4.78, 5) is 29.1. The molecule has 0 aromatic heterocycles. The Morgan fingerprint density at radius 2 is 1.63 bits per heavy atom. The van der Waals surface area contributed by atoms with Crippen molar-refractivity contribution in [1.82, 2.24) is 10.2 Å². The van der Waals surface area contributed by atoms with Crippen LogP contribution in [0.15, 0.2) is 72.8 Å². The molecule has 0 heterocycles. The molecule has 1 N–H and O–H groups in total. The van der Waals surface area contributed by atoms with E-state index in [1.54, 1.807) is 18.1 Å². The van der Waals surface area contributed by atoms with E-state index in [9.17, 15) is 9.59 Å². The summed E-state index contributed by atoms with van der Waals surface area (Å²) in [7, 11) is 1.61. The molecule has 0 bridgehead atoms. The van der Waals surface area contributed by atoms with Crippen LogP contribution in [0.4, 0.5) is 0 Å². The van der Waals surface area contributed by atoms with Gasteiger partial charge in [-0.1, -0.05) is 71.7 Å². The number of hydrogen-bond donors (Lipinski definition) is 1. The number of thioether (sulfide) groups is 1. The maximum Gasteiger partial charge on any atom is 0.243 e. The fourth-order valence-corrected chi connectivity index (χ4v) is 5.12. The second-order valence-corrected chi connectivity index (χ2v) is 11.9. The van der Waals surface area contributed by atoms with Gasteiger partial charge in [-0.3, -0.25) is 9.59 Å². The highest BCUT2D eigenvalue weighted by Crippen LogP contribution is 2.25. The van der Waals surface area contributed by atoms with E-state index < -0.39 is 11.6 Å². The molecule has 0 radical (unpaired) electrons. The van der Waals surface area contributed by atoms with E-state index in [0.29, 0.717) is 28.0 Å². The van der Waals surface area contributed by atoms with Crippen molar-refractivity contribution in [3.63, 3.8) is 0 Å². The number of nitrogens with zero attached hydrogens (tertiary/aromatic N) is 1. The molecule has 8 heteroatoms. The number of methoxy groups -OCH3 is 1. The smallest absolute Gasteiger partial charge is 0.243 e. The Morgan fingerprint density at radius 3 is 2.29 bits per heavy atom. The topological polar surface area (TPSA) is 58.6 Å². The lowest BCUT2D eigenvalue weighted by Gasteiger charge is -2.34. The fourth-order valence-electron chi connectivity index (χ4n) is 3.94. The standard InChI is InChI=1S/C30H34Cl2N2O3S/c1-30(2,3)33-29(36)27(17-21-9-6-5-7-10-21)34(18-22-11-8-12-24(15-22)37-4)28(35)20-38-19-23-13-14-25(31)26(32)16-23/h5-16,27H,17-20H2,1-4H3,(H,33,36). The van der Waals surface area contributed by atoms with E-state index >= 15 is 0 Å². The van der Waals surface area contributed by atoms with Crippen LogP contribution in [0.5, 0.6) is 5.75 Å². The summed E-state index contributed by atoms with van der Waals surface area (Å²) in [6.45, 7) is 6.09. The number of carbonyl (C=O) groups is 2. The molecule has 5 nitrogen and oxygen atoms in total.